The first-order valence-corrected chi connectivity index (χ1v) is 8.94. The minimum atomic E-state index is -0.278. The number of Topliss-reactive ketones (excluding diaryl/α,β-unsaturated/α-hetero) is 1. The molecule has 0 saturated heterocycles. The second-order valence-corrected chi connectivity index (χ2v) is 6.53. The summed E-state index contributed by atoms with van der Waals surface area (Å²) < 4.78 is 1.50. The number of para-hydroxylation sites is 1. The molecule has 3 rings (SSSR count). The van der Waals surface area contributed by atoms with Gasteiger partial charge in [0.15, 0.2) is 0 Å². The summed E-state index contributed by atoms with van der Waals surface area (Å²) in [5.41, 5.74) is 2.00. The Bertz CT molecular complexity index is 1110. The first-order chi connectivity index (χ1) is 13.5. The van der Waals surface area contributed by atoms with Crippen LogP contribution in [-0.4, -0.2) is 22.2 Å². The van der Waals surface area contributed by atoms with Gasteiger partial charge in [-0.25, -0.2) is 0 Å². The van der Waals surface area contributed by atoms with Gasteiger partial charge in [0.25, 0.3) is 5.91 Å². The molecule has 1 N–H and O–H groups in total. The number of benzene rings is 2. The quantitative estimate of drug-likeness (QED) is 0.709. The highest BCUT2D eigenvalue weighted by atomic mass is 16.2. The molecule has 0 unspecified atom stereocenters. The summed E-state index contributed by atoms with van der Waals surface area (Å²) in [4.78, 5) is 36.3. The number of hydrogen-bond donors (Lipinski definition) is 1. The molecular weight excluding hydrogens is 354 g/mol. The molecule has 0 spiro atoms. The number of aromatic nitrogens is 1. The number of hydrogen-bond acceptors (Lipinski definition) is 4. The molecule has 6 nitrogen and oxygen atoms in total. The first-order valence-electron chi connectivity index (χ1n) is 8.94. The van der Waals surface area contributed by atoms with Crippen LogP contribution in [0.15, 0.2) is 54.7 Å². The van der Waals surface area contributed by atoms with Crippen molar-refractivity contribution in [1.29, 1.82) is 5.26 Å². The summed E-state index contributed by atoms with van der Waals surface area (Å²) in [6.45, 7) is 1.49. The van der Waals surface area contributed by atoms with Crippen molar-refractivity contribution in [1.82, 2.24) is 4.57 Å². The molecule has 0 saturated carbocycles. The SMILES string of the molecule is CC(=O)CCCC(=O)Nc1ccccc1C(=O)n1ccc2cc(C#N)ccc21. The number of rotatable bonds is 6. The Hall–Kier alpha value is -3.72. The fraction of sp³-hybridized carbons (Fsp3) is 0.182. The zero-order chi connectivity index (χ0) is 20.1. The lowest BCUT2D eigenvalue weighted by Gasteiger charge is -2.11. The molecule has 0 fully saturated rings. The third-order valence-corrected chi connectivity index (χ3v) is 4.40. The highest BCUT2D eigenvalue weighted by molar-refractivity contribution is 6.08. The number of fused-ring (bicyclic) bond motifs is 1. The third-order valence-electron chi connectivity index (χ3n) is 4.40. The van der Waals surface area contributed by atoms with Crippen LogP contribution in [0.25, 0.3) is 10.9 Å². The zero-order valence-electron chi connectivity index (χ0n) is 15.4. The van der Waals surface area contributed by atoms with E-state index in [2.05, 4.69) is 11.4 Å². The summed E-state index contributed by atoms with van der Waals surface area (Å²) in [5, 5.41) is 12.6. The van der Waals surface area contributed by atoms with Crippen molar-refractivity contribution in [2.75, 3.05) is 5.32 Å². The molecule has 140 valence electrons. The van der Waals surface area contributed by atoms with Crippen LogP contribution in [-0.2, 0) is 9.59 Å². The van der Waals surface area contributed by atoms with Gasteiger partial charge in [-0.2, -0.15) is 5.26 Å². The van der Waals surface area contributed by atoms with Gasteiger partial charge in [-0.1, -0.05) is 12.1 Å². The standard InChI is InChI=1S/C22H19N3O3/c1-15(26)5-4-8-21(27)24-19-7-3-2-6-18(19)22(28)25-12-11-17-13-16(14-23)9-10-20(17)25/h2-3,6-7,9-13H,4-5,8H2,1H3,(H,24,27). The van der Waals surface area contributed by atoms with Gasteiger partial charge in [0.05, 0.1) is 28.4 Å². The maximum Gasteiger partial charge on any atom is 0.264 e. The van der Waals surface area contributed by atoms with Crippen LogP contribution in [0.2, 0.25) is 0 Å². The van der Waals surface area contributed by atoms with Crippen LogP contribution in [0.3, 0.4) is 0 Å². The van der Waals surface area contributed by atoms with E-state index in [9.17, 15) is 14.4 Å². The van der Waals surface area contributed by atoms with Crippen molar-refractivity contribution < 1.29 is 14.4 Å². The molecule has 2 aromatic carbocycles. The van der Waals surface area contributed by atoms with E-state index >= 15 is 0 Å². The van der Waals surface area contributed by atoms with E-state index in [0.29, 0.717) is 35.2 Å². The van der Waals surface area contributed by atoms with E-state index in [-0.39, 0.29) is 24.0 Å². The fourth-order valence-electron chi connectivity index (χ4n) is 3.01. The normalized spacial score (nSPS) is 10.4. The molecule has 0 radical (unpaired) electrons. The van der Waals surface area contributed by atoms with Crippen molar-refractivity contribution in [2.45, 2.75) is 26.2 Å². The van der Waals surface area contributed by atoms with E-state index in [1.165, 1.54) is 11.5 Å². The van der Waals surface area contributed by atoms with E-state index in [4.69, 9.17) is 5.26 Å². The number of carbonyl (C=O) groups is 3. The summed E-state index contributed by atoms with van der Waals surface area (Å²) in [5.74, 6) is -0.473. The molecular formula is C22H19N3O3. The molecule has 0 aliphatic heterocycles. The van der Waals surface area contributed by atoms with Gasteiger partial charge in [0.2, 0.25) is 5.91 Å². The lowest BCUT2D eigenvalue weighted by molar-refractivity contribution is -0.117. The minimum Gasteiger partial charge on any atom is -0.325 e. The lowest BCUT2D eigenvalue weighted by Crippen LogP contribution is -2.17. The average molecular weight is 373 g/mol. The van der Waals surface area contributed by atoms with Crippen LogP contribution in [0, 0.1) is 11.3 Å². The molecule has 0 aliphatic rings. The Balaban J connectivity index is 1.84. The van der Waals surface area contributed by atoms with Crippen molar-refractivity contribution in [3.63, 3.8) is 0 Å². The molecule has 6 heteroatoms. The smallest absolute Gasteiger partial charge is 0.264 e. The van der Waals surface area contributed by atoms with Crippen LogP contribution in [0.1, 0.15) is 42.1 Å². The third kappa shape index (κ3) is 4.15. The van der Waals surface area contributed by atoms with E-state index in [1.807, 2.05) is 0 Å². The molecule has 28 heavy (non-hydrogen) atoms. The topological polar surface area (TPSA) is 92.0 Å². The highest BCUT2D eigenvalue weighted by Crippen LogP contribution is 2.22. The largest absolute Gasteiger partial charge is 0.325 e. The number of nitriles is 1. The van der Waals surface area contributed by atoms with Gasteiger partial charge < -0.3 is 10.1 Å². The second kappa shape index (κ2) is 8.31. The molecule has 0 atom stereocenters. The summed E-state index contributed by atoms with van der Waals surface area (Å²) in [6, 6.07) is 15.8. The van der Waals surface area contributed by atoms with Gasteiger partial charge in [-0.15, -0.1) is 0 Å². The Morgan fingerprint density at radius 1 is 1.07 bits per heavy atom. The molecule has 1 aromatic heterocycles. The van der Waals surface area contributed by atoms with E-state index in [1.54, 1.807) is 54.7 Å². The van der Waals surface area contributed by atoms with Gasteiger partial charge >= 0.3 is 0 Å². The number of anilines is 1. The second-order valence-electron chi connectivity index (χ2n) is 6.53. The minimum absolute atomic E-state index is 0.0439. The first kappa shape index (κ1) is 19.1. The molecule has 1 amide bonds. The zero-order valence-corrected chi connectivity index (χ0v) is 15.4. The van der Waals surface area contributed by atoms with Crippen LogP contribution in [0.4, 0.5) is 5.69 Å². The maximum absolute atomic E-state index is 13.1. The van der Waals surface area contributed by atoms with E-state index < -0.39 is 0 Å². The number of amides is 1. The molecule has 3 aromatic rings. The number of ketones is 1. The van der Waals surface area contributed by atoms with Gasteiger partial charge in [0, 0.05) is 24.4 Å². The fourth-order valence-corrected chi connectivity index (χ4v) is 3.01. The van der Waals surface area contributed by atoms with E-state index in [0.717, 1.165) is 5.39 Å². The molecule has 0 aliphatic carbocycles. The Labute approximate surface area is 162 Å². The van der Waals surface area contributed by atoms with Gasteiger partial charge in [0.1, 0.15) is 5.78 Å². The Morgan fingerprint density at radius 2 is 1.86 bits per heavy atom. The van der Waals surface area contributed by atoms with Gasteiger partial charge in [-0.3, -0.25) is 14.2 Å². The van der Waals surface area contributed by atoms with Crippen molar-refractivity contribution in [3.8, 4) is 6.07 Å². The van der Waals surface area contributed by atoms with Crippen LogP contribution in [0.5, 0.6) is 0 Å². The number of nitrogens with one attached hydrogen (secondary N) is 1. The molecule has 1 heterocycles. The summed E-state index contributed by atoms with van der Waals surface area (Å²) in [6.07, 6.45) is 2.69. The Morgan fingerprint density at radius 3 is 2.61 bits per heavy atom. The Kier molecular flexibility index (Phi) is 5.66. The molecule has 0 bridgehead atoms. The van der Waals surface area contributed by atoms with Crippen LogP contribution >= 0.6 is 0 Å². The van der Waals surface area contributed by atoms with Gasteiger partial charge in [-0.05, 0) is 49.7 Å². The highest BCUT2D eigenvalue weighted by Gasteiger charge is 2.16. The number of carbonyl (C=O) groups excluding carboxylic acids is 3. The predicted molar refractivity (Wildman–Crippen MR) is 106 cm³/mol. The van der Waals surface area contributed by atoms with Crippen molar-refractivity contribution in [3.05, 3.63) is 65.9 Å². The summed E-state index contributed by atoms with van der Waals surface area (Å²) >= 11 is 0. The number of nitrogens with zero attached hydrogens (tertiary/aromatic N) is 2. The summed E-state index contributed by atoms with van der Waals surface area (Å²) in [7, 11) is 0. The lowest BCUT2D eigenvalue weighted by atomic mass is 10.1. The maximum atomic E-state index is 13.1. The van der Waals surface area contributed by atoms with Crippen LogP contribution < -0.4 is 5.32 Å². The predicted octanol–water partition coefficient (Wildman–Crippen LogP) is 3.90. The van der Waals surface area contributed by atoms with Crippen molar-refractivity contribution in [2.24, 2.45) is 0 Å². The average Bonchev–Trinajstić information content (AvgIpc) is 3.10. The monoisotopic (exact) mass is 373 g/mol. The van der Waals surface area contributed by atoms with Crippen molar-refractivity contribution >= 4 is 34.2 Å².